The Morgan fingerprint density at radius 1 is 1.02 bits per heavy atom. The van der Waals surface area contributed by atoms with Crippen LogP contribution in [0.4, 0.5) is 20.3 Å². The van der Waals surface area contributed by atoms with Gasteiger partial charge in [0.25, 0.3) is 11.8 Å². The summed E-state index contributed by atoms with van der Waals surface area (Å²) in [6.45, 7) is 6.26. The zero-order chi connectivity index (χ0) is 32.6. The summed E-state index contributed by atoms with van der Waals surface area (Å²) in [7, 11) is -4.36. The molecule has 0 unspecified atom stereocenters. The maximum atomic E-state index is 13.9. The van der Waals surface area contributed by atoms with Gasteiger partial charge >= 0.3 is 0 Å². The summed E-state index contributed by atoms with van der Waals surface area (Å²) in [5.41, 5.74) is 0.193. The molecule has 0 aliphatic carbocycles. The van der Waals surface area contributed by atoms with Crippen molar-refractivity contribution in [2.24, 2.45) is 0 Å². The van der Waals surface area contributed by atoms with Crippen LogP contribution >= 0.6 is 0 Å². The summed E-state index contributed by atoms with van der Waals surface area (Å²) in [5.74, 6) is -2.59. The molecule has 0 spiro atoms. The van der Waals surface area contributed by atoms with Crippen LogP contribution in [0.1, 0.15) is 58.8 Å². The highest BCUT2D eigenvalue weighted by Crippen LogP contribution is 2.44. The Balaban J connectivity index is 1.24. The third-order valence-corrected chi connectivity index (χ3v) is 10.3. The SMILES string of the molecule is CC1(C)c2[nH]nc(NC(=O)c3ccc(OCCN4CCCC4)cc3NC(=O)c3ccc[nH]3)c2CN1S(=O)(=O)c1cc(F)cc(F)c1. The summed E-state index contributed by atoms with van der Waals surface area (Å²) in [4.78, 5) is 31.2. The Hall–Kier alpha value is -4.60. The van der Waals surface area contributed by atoms with E-state index in [1.165, 1.54) is 6.07 Å². The van der Waals surface area contributed by atoms with Gasteiger partial charge in [0.05, 0.1) is 27.4 Å². The van der Waals surface area contributed by atoms with Gasteiger partial charge in [-0.05, 0) is 76.2 Å². The number of carbonyl (C=O) groups is 2. The van der Waals surface area contributed by atoms with Gasteiger partial charge in [0.2, 0.25) is 10.0 Å². The van der Waals surface area contributed by atoms with E-state index in [4.69, 9.17) is 4.74 Å². The minimum atomic E-state index is -4.36. The largest absolute Gasteiger partial charge is 0.492 e. The first kappa shape index (κ1) is 31.4. The number of rotatable bonds is 10. The first-order valence-electron chi connectivity index (χ1n) is 14.8. The van der Waals surface area contributed by atoms with E-state index in [-0.39, 0.29) is 23.6 Å². The molecule has 4 aromatic rings. The lowest BCUT2D eigenvalue weighted by molar-refractivity contribution is 0.102. The van der Waals surface area contributed by atoms with Crippen molar-refractivity contribution in [3.05, 3.63) is 88.9 Å². The normalized spacial score (nSPS) is 16.3. The number of nitrogens with zero attached hydrogens (tertiary/aromatic N) is 3. The number of benzene rings is 2. The van der Waals surface area contributed by atoms with Crippen molar-refractivity contribution in [1.82, 2.24) is 24.4 Å². The number of anilines is 2. The van der Waals surface area contributed by atoms with Gasteiger partial charge in [-0.2, -0.15) is 9.40 Å². The smallest absolute Gasteiger partial charge is 0.272 e. The number of carbonyl (C=O) groups excluding carboxylic acids is 2. The number of aromatic nitrogens is 3. The molecule has 2 amide bonds. The fraction of sp³-hybridized carbons (Fsp3) is 0.323. The minimum absolute atomic E-state index is 0.0729. The lowest BCUT2D eigenvalue weighted by Gasteiger charge is -2.30. The molecule has 0 radical (unpaired) electrons. The molecule has 242 valence electrons. The standard InChI is InChI=1S/C31H33F2N7O5S/c1-31(2)27-24(18-40(31)46(43,44)22-15-19(32)14-20(33)16-22)28(38-37-27)36-29(41)23-8-7-21(45-13-12-39-10-3-4-11-39)17-26(23)35-30(42)25-6-5-9-34-25/h5-9,14-17,34H,3-4,10-13,18H2,1-2H3,(H,35,42)(H2,36,37,38,41). The molecular weight excluding hydrogens is 620 g/mol. The molecule has 2 aliphatic heterocycles. The van der Waals surface area contributed by atoms with Gasteiger partial charge in [-0.15, -0.1) is 0 Å². The van der Waals surface area contributed by atoms with Crippen molar-refractivity contribution in [3.8, 4) is 5.75 Å². The summed E-state index contributed by atoms with van der Waals surface area (Å²) >= 11 is 0. The van der Waals surface area contributed by atoms with Crippen LogP contribution < -0.4 is 15.4 Å². The second-order valence-electron chi connectivity index (χ2n) is 11.7. The predicted molar refractivity (Wildman–Crippen MR) is 165 cm³/mol. The molecule has 0 saturated carbocycles. The van der Waals surface area contributed by atoms with Gasteiger partial charge in [0, 0.05) is 37.0 Å². The van der Waals surface area contributed by atoms with E-state index in [0.717, 1.165) is 48.9 Å². The van der Waals surface area contributed by atoms with Crippen molar-refractivity contribution in [1.29, 1.82) is 0 Å². The Morgan fingerprint density at radius 3 is 2.46 bits per heavy atom. The number of nitrogens with one attached hydrogen (secondary N) is 4. The maximum Gasteiger partial charge on any atom is 0.272 e. The molecule has 4 heterocycles. The molecule has 2 aromatic heterocycles. The van der Waals surface area contributed by atoms with Crippen LogP contribution in [0.15, 0.2) is 59.6 Å². The average molecular weight is 654 g/mol. The second-order valence-corrected chi connectivity index (χ2v) is 13.6. The number of ether oxygens (including phenoxy) is 1. The summed E-state index contributed by atoms with van der Waals surface area (Å²) < 4.78 is 61.9. The molecule has 2 aromatic carbocycles. The Labute approximate surface area is 264 Å². The number of fused-ring (bicyclic) bond motifs is 1. The highest BCUT2D eigenvalue weighted by Gasteiger charge is 2.48. The van der Waals surface area contributed by atoms with Gasteiger partial charge in [-0.3, -0.25) is 19.6 Å². The van der Waals surface area contributed by atoms with Gasteiger partial charge in [0.15, 0.2) is 5.82 Å². The van der Waals surface area contributed by atoms with Crippen LogP contribution in [0.2, 0.25) is 0 Å². The molecule has 1 fully saturated rings. The fourth-order valence-corrected chi connectivity index (χ4v) is 7.60. The van der Waals surface area contributed by atoms with Crippen molar-refractivity contribution >= 4 is 33.3 Å². The van der Waals surface area contributed by atoms with E-state index < -0.39 is 43.9 Å². The predicted octanol–water partition coefficient (Wildman–Crippen LogP) is 4.43. The monoisotopic (exact) mass is 653 g/mol. The molecular formula is C31H33F2N7O5S. The number of aromatic amines is 2. The minimum Gasteiger partial charge on any atom is -0.492 e. The highest BCUT2D eigenvalue weighted by atomic mass is 32.2. The first-order chi connectivity index (χ1) is 21.9. The van der Waals surface area contributed by atoms with Gasteiger partial charge in [0.1, 0.15) is 29.7 Å². The van der Waals surface area contributed by atoms with Gasteiger partial charge in [-0.1, -0.05) is 0 Å². The third-order valence-electron chi connectivity index (χ3n) is 8.26. The molecule has 0 atom stereocenters. The zero-order valence-electron chi connectivity index (χ0n) is 25.2. The molecule has 15 heteroatoms. The molecule has 1 saturated heterocycles. The van der Waals surface area contributed by atoms with E-state index >= 15 is 0 Å². The van der Waals surface area contributed by atoms with E-state index in [1.807, 2.05) is 0 Å². The molecule has 4 N–H and O–H groups in total. The lowest BCUT2D eigenvalue weighted by Crippen LogP contribution is -2.40. The van der Waals surface area contributed by atoms with Crippen molar-refractivity contribution in [2.75, 3.05) is 36.9 Å². The number of amides is 2. The first-order valence-corrected chi connectivity index (χ1v) is 16.2. The number of sulfonamides is 1. The van der Waals surface area contributed by atoms with E-state index in [9.17, 15) is 26.8 Å². The number of likely N-dealkylation sites (tertiary alicyclic amines) is 1. The van der Waals surface area contributed by atoms with Gasteiger partial charge < -0.3 is 20.4 Å². The fourth-order valence-electron chi connectivity index (χ4n) is 5.83. The van der Waals surface area contributed by atoms with Crippen molar-refractivity contribution in [2.45, 2.75) is 43.7 Å². The molecule has 6 rings (SSSR count). The number of hydrogen-bond acceptors (Lipinski definition) is 7. The Kier molecular flexibility index (Phi) is 8.39. The highest BCUT2D eigenvalue weighted by molar-refractivity contribution is 7.89. The molecule has 2 aliphatic rings. The summed E-state index contributed by atoms with van der Waals surface area (Å²) in [5, 5.41) is 12.5. The van der Waals surface area contributed by atoms with Crippen LogP contribution in [0.5, 0.6) is 5.75 Å². The van der Waals surface area contributed by atoms with Crippen LogP contribution in [-0.4, -0.2) is 70.9 Å². The molecule has 46 heavy (non-hydrogen) atoms. The topological polar surface area (TPSA) is 153 Å². The maximum absolute atomic E-state index is 13.9. The van der Waals surface area contributed by atoms with Crippen LogP contribution in [0.3, 0.4) is 0 Å². The van der Waals surface area contributed by atoms with E-state index in [2.05, 4.69) is 30.7 Å². The zero-order valence-corrected chi connectivity index (χ0v) is 26.0. The van der Waals surface area contributed by atoms with Crippen LogP contribution in [0, 0.1) is 11.6 Å². The van der Waals surface area contributed by atoms with Crippen LogP contribution in [0.25, 0.3) is 0 Å². The number of hydrogen-bond donors (Lipinski definition) is 4. The van der Waals surface area contributed by atoms with E-state index in [1.54, 1.807) is 44.3 Å². The lowest BCUT2D eigenvalue weighted by atomic mass is 10.0. The summed E-state index contributed by atoms with van der Waals surface area (Å²) in [6, 6.07) is 10.1. The molecule has 0 bridgehead atoms. The van der Waals surface area contributed by atoms with Crippen LogP contribution in [-0.2, 0) is 22.1 Å². The quantitative estimate of drug-likeness (QED) is 0.198. The number of H-pyrrole nitrogens is 2. The Bertz CT molecular complexity index is 1870. The Morgan fingerprint density at radius 2 is 1.76 bits per heavy atom. The molecule has 12 nitrogen and oxygen atoms in total. The van der Waals surface area contributed by atoms with Crippen molar-refractivity contribution < 1.29 is 31.5 Å². The van der Waals surface area contributed by atoms with E-state index in [0.29, 0.717) is 35.4 Å². The summed E-state index contributed by atoms with van der Waals surface area (Å²) in [6.07, 6.45) is 3.93. The number of halogens is 2. The van der Waals surface area contributed by atoms with Gasteiger partial charge in [-0.25, -0.2) is 17.2 Å². The third kappa shape index (κ3) is 6.12. The average Bonchev–Trinajstić information content (AvgIpc) is 3.81. The second kappa shape index (κ2) is 12.3. The van der Waals surface area contributed by atoms with Crippen molar-refractivity contribution in [3.63, 3.8) is 0 Å².